The highest BCUT2D eigenvalue weighted by molar-refractivity contribution is 5.74. The molecule has 0 saturated carbocycles. The van der Waals surface area contributed by atoms with Crippen molar-refractivity contribution in [1.82, 2.24) is 10.6 Å². The Morgan fingerprint density at radius 1 is 1.36 bits per heavy atom. The highest BCUT2D eigenvalue weighted by Crippen LogP contribution is 2.23. The zero-order valence-corrected chi connectivity index (χ0v) is 12.5. The van der Waals surface area contributed by atoms with Crippen LogP contribution in [0.2, 0.25) is 0 Å². The summed E-state index contributed by atoms with van der Waals surface area (Å²) in [5, 5.41) is 5.45. The number of nitrogens with one attached hydrogen (secondary N) is 2. The van der Waals surface area contributed by atoms with Crippen molar-refractivity contribution in [1.29, 1.82) is 0 Å². The lowest BCUT2D eigenvalue weighted by Crippen LogP contribution is -2.43. The van der Waals surface area contributed by atoms with Gasteiger partial charge < -0.3 is 19.8 Å². The van der Waals surface area contributed by atoms with Crippen molar-refractivity contribution in [3.05, 3.63) is 59.8 Å². The topological polar surface area (TPSA) is 63.5 Å². The maximum atomic E-state index is 13.8. The molecule has 0 fully saturated rings. The molecule has 0 aliphatic heterocycles. The zero-order valence-electron chi connectivity index (χ0n) is 12.5. The standard InChI is InChI=1S/C16H19FN2O3/c1-11(15(21-2)13-5-3-4-6-14(13)17)19-16(20)18-9-12-7-8-22-10-12/h3-8,10-11,15H,9H2,1-2H3,(H2,18,19,20). The van der Waals surface area contributed by atoms with Gasteiger partial charge in [0.2, 0.25) is 0 Å². The van der Waals surface area contributed by atoms with Gasteiger partial charge >= 0.3 is 6.03 Å². The Bertz CT molecular complexity index is 601. The molecule has 2 aromatic rings. The van der Waals surface area contributed by atoms with Crippen LogP contribution in [0.1, 0.15) is 24.2 Å². The first kappa shape index (κ1) is 16.0. The van der Waals surface area contributed by atoms with E-state index in [0.29, 0.717) is 12.1 Å². The second-order valence-electron chi connectivity index (χ2n) is 4.93. The Hall–Kier alpha value is -2.34. The molecule has 2 rings (SSSR count). The average Bonchev–Trinajstić information content (AvgIpc) is 3.01. The highest BCUT2D eigenvalue weighted by Gasteiger charge is 2.23. The largest absolute Gasteiger partial charge is 0.472 e. The first-order valence-corrected chi connectivity index (χ1v) is 6.94. The molecule has 1 aromatic heterocycles. The van der Waals surface area contributed by atoms with E-state index in [9.17, 15) is 9.18 Å². The molecule has 0 saturated heterocycles. The van der Waals surface area contributed by atoms with Crippen LogP contribution in [0.4, 0.5) is 9.18 Å². The van der Waals surface area contributed by atoms with E-state index in [1.54, 1.807) is 37.5 Å². The number of furan rings is 1. The number of urea groups is 1. The van der Waals surface area contributed by atoms with Crippen LogP contribution in [0.15, 0.2) is 47.3 Å². The molecule has 0 aliphatic rings. The Morgan fingerprint density at radius 3 is 2.77 bits per heavy atom. The maximum absolute atomic E-state index is 13.8. The van der Waals surface area contributed by atoms with Crippen molar-refractivity contribution < 1.29 is 18.3 Å². The van der Waals surface area contributed by atoms with Crippen LogP contribution in [0.5, 0.6) is 0 Å². The van der Waals surface area contributed by atoms with Gasteiger partial charge in [-0.05, 0) is 19.1 Å². The molecular weight excluding hydrogens is 287 g/mol. The van der Waals surface area contributed by atoms with Crippen LogP contribution in [0.3, 0.4) is 0 Å². The van der Waals surface area contributed by atoms with Gasteiger partial charge in [-0.25, -0.2) is 9.18 Å². The molecule has 0 radical (unpaired) electrons. The van der Waals surface area contributed by atoms with Crippen LogP contribution in [-0.4, -0.2) is 19.2 Å². The van der Waals surface area contributed by atoms with Gasteiger partial charge in [0.05, 0.1) is 18.6 Å². The number of methoxy groups -OCH3 is 1. The summed E-state index contributed by atoms with van der Waals surface area (Å²) in [5.41, 5.74) is 1.27. The third kappa shape index (κ3) is 4.08. The molecule has 0 spiro atoms. The first-order valence-electron chi connectivity index (χ1n) is 6.94. The Morgan fingerprint density at radius 2 is 2.14 bits per heavy atom. The van der Waals surface area contributed by atoms with Gasteiger partial charge in [0.15, 0.2) is 0 Å². The Balaban J connectivity index is 1.93. The summed E-state index contributed by atoms with van der Waals surface area (Å²) in [5.74, 6) is -0.359. The molecule has 2 N–H and O–H groups in total. The fraction of sp³-hybridized carbons (Fsp3) is 0.312. The third-order valence-corrected chi connectivity index (χ3v) is 3.31. The van der Waals surface area contributed by atoms with Crippen molar-refractivity contribution >= 4 is 6.03 Å². The fourth-order valence-corrected chi connectivity index (χ4v) is 2.22. The van der Waals surface area contributed by atoms with E-state index < -0.39 is 12.1 Å². The van der Waals surface area contributed by atoms with E-state index in [2.05, 4.69) is 10.6 Å². The van der Waals surface area contributed by atoms with Gasteiger partial charge in [0.1, 0.15) is 11.9 Å². The lowest BCUT2D eigenvalue weighted by molar-refractivity contribution is 0.0733. The SMILES string of the molecule is COC(c1ccccc1F)C(C)NC(=O)NCc1ccoc1. The second kappa shape index (κ2) is 7.61. The summed E-state index contributed by atoms with van der Waals surface area (Å²) in [4.78, 5) is 11.9. The molecule has 2 amide bonds. The summed E-state index contributed by atoms with van der Waals surface area (Å²) in [6.45, 7) is 2.12. The summed E-state index contributed by atoms with van der Waals surface area (Å²) in [6.07, 6.45) is 2.53. The number of carbonyl (C=O) groups excluding carboxylic acids is 1. The third-order valence-electron chi connectivity index (χ3n) is 3.31. The predicted molar refractivity (Wildman–Crippen MR) is 79.7 cm³/mol. The maximum Gasteiger partial charge on any atom is 0.315 e. The lowest BCUT2D eigenvalue weighted by atomic mass is 10.0. The second-order valence-corrected chi connectivity index (χ2v) is 4.93. The number of rotatable bonds is 6. The Labute approximate surface area is 128 Å². The number of ether oxygens (including phenoxy) is 1. The van der Waals surface area contributed by atoms with E-state index in [1.165, 1.54) is 19.4 Å². The molecule has 0 bridgehead atoms. The van der Waals surface area contributed by atoms with Crippen molar-refractivity contribution in [2.24, 2.45) is 0 Å². The highest BCUT2D eigenvalue weighted by atomic mass is 19.1. The van der Waals surface area contributed by atoms with Crippen molar-refractivity contribution in [3.8, 4) is 0 Å². The Kier molecular flexibility index (Phi) is 5.55. The first-order chi connectivity index (χ1) is 10.6. The number of amides is 2. The van der Waals surface area contributed by atoms with E-state index in [0.717, 1.165) is 5.56 Å². The van der Waals surface area contributed by atoms with Gasteiger partial charge in [-0.15, -0.1) is 0 Å². The van der Waals surface area contributed by atoms with Gasteiger partial charge in [-0.3, -0.25) is 0 Å². The number of hydrogen-bond donors (Lipinski definition) is 2. The average molecular weight is 306 g/mol. The van der Waals surface area contributed by atoms with Crippen molar-refractivity contribution in [3.63, 3.8) is 0 Å². The molecule has 2 unspecified atom stereocenters. The minimum atomic E-state index is -0.569. The van der Waals surface area contributed by atoms with Crippen LogP contribution in [0.25, 0.3) is 0 Å². The monoisotopic (exact) mass is 306 g/mol. The van der Waals surface area contributed by atoms with Crippen molar-refractivity contribution in [2.45, 2.75) is 25.6 Å². The number of halogens is 1. The number of benzene rings is 1. The summed E-state index contributed by atoms with van der Waals surface area (Å²) >= 11 is 0. The molecule has 22 heavy (non-hydrogen) atoms. The van der Waals surface area contributed by atoms with Gasteiger partial charge in [-0.2, -0.15) is 0 Å². The zero-order chi connectivity index (χ0) is 15.9. The van der Waals surface area contributed by atoms with Crippen LogP contribution in [0, 0.1) is 5.82 Å². The molecule has 1 heterocycles. The molecule has 5 nitrogen and oxygen atoms in total. The van der Waals surface area contributed by atoms with Crippen LogP contribution >= 0.6 is 0 Å². The van der Waals surface area contributed by atoms with Gasteiger partial charge in [0, 0.05) is 24.8 Å². The number of hydrogen-bond acceptors (Lipinski definition) is 3. The molecule has 118 valence electrons. The van der Waals surface area contributed by atoms with Gasteiger partial charge in [-0.1, -0.05) is 18.2 Å². The molecule has 6 heteroatoms. The van der Waals surface area contributed by atoms with E-state index in [1.807, 2.05) is 0 Å². The summed E-state index contributed by atoms with van der Waals surface area (Å²) in [7, 11) is 1.48. The minimum Gasteiger partial charge on any atom is -0.472 e. The normalized spacial score (nSPS) is 13.4. The van der Waals surface area contributed by atoms with Gasteiger partial charge in [0.25, 0.3) is 0 Å². The fourth-order valence-electron chi connectivity index (χ4n) is 2.22. The summed E-state index contributed by atoms with van der Waals surface area (Å²) in [6, 6.07) is 7.37. The molecular formula is C16H19FN2O3. The van der Waals surface area contributed by atoms with Crippen molar-refractivity contribution in [2.75, 3.05) is 7.11 Å². The predicted octanol–water partition coefficient (Wildman–Crippen LogP) is 2.99. The summed E-state index contributed by atoms with van der Waals surface area (Å²) < 4.78 is 24.1. The minimum absolute atomic E-state index is 0.354. The molecule has 1 aromatic carbocycles. The quantitative estimate of drug-likeness (QED) is 0.862. The van der Waals surface area contributed by atoms with Crippen LogP contribution in [-0.2, 0) is 11.3 Å². The molecule has 0 aliphatic carbocycles. The number of carbonyl (C=O) groups is 1. The van der Waals surface area contributed by atoms with E-state index in [-0.39, 0.29) is 11.8 Å². The van der Waals surface area contributed by atoms with E-state index >= 15 is 0 Å². The molecule has 2 atom stereocenters. The van der Waals surface area contributed by atoms with Crippen LogP contribution < -0.4 is 10.6 Å². The van der Waals surface area contributed by atoms with E-state index in [4.69, 9.17) is 9.15 Å². The lowest BCUT2D eigenvalue weighted by Gasteiger charge is -2.24. The smallest absolute Gasteiger partial charge is 0.315 e.